The van der Waals surface area contributed by atoms with Crippen LogP contribution in [-0.4, -0.2) is 28.2 Å². The highest BCUT2D eigenvalue weighted by molar-refractivity contribution is 8.00. The van der Waals surface area contributed by atoms with Crippen LogP contribution in [0.2, 0.25) is 0 Å². The highest BCUT2D eigenvalue weighted by atomic mass is 32.2. The normalized spacial score (nSPS) is 30.3. The number of rotatable bonds is 4. The third-order valence-corrected chi connectivity index (χ3v) is 3.85. The van der Waals surface area contributed by atoms with Gasteiger partial charge in [-0.3, -0.25) is 10.1 Å². The Morgan fingerprint density at radius 1 is 1.77 bits per heavy atom. The number of carbonyl (C=O) groups is 1. The molecule has 0 aromatic carbocycles. The molecule has 0 bridgehead atoms. The van der Waals surface area contributed by atoms with Crippen molar-refractivity contribution in [2.24, 2.45) is 5.92 Å². The Bertz CT molecular complexity index is 186. The Balaban J connectivity index is 2.35. The molecular weight excluding hydrogens is 186 g/mol. The molecule has 0 aromatic rings. The van der Waals surface area contributed by atoms with Crippen LogP contribution in [0, 0.1) is 5.92 Å². The predicted molar refractivity (Wildman–Crippen MR) is 54.9 cm³/mol. The molecule has 0 spiro atoms. The van der Waals surface area contributed by atoms with E-state index in [1.165, 1.54) is 0 Å². The third kappa shape index (κ3) is 2.88. The Labute approximate surface area is 83.3 Å². The molecule has 4 heteroatoms. The second-order valence-corrected chi connectivity index (χ2v) is 4.75. The molecule has 1 heterocycles. The minimum atomic E-state index is -0.723. The van der Waals surface area contributed by atoms with Crippen molar-refractivity contribution in [3.63, 3.8) is 0 Å². The van der Waals surface area contributed by atoms with E-state index in [0.29, 0.717) is 17.0 Å². The monoisotopic (exact) mass is 203 g/mol. The summed E-state index contributed by atoms with van der Waals surface area (Å²) in [6.07, 6.45) is 2.33. The molecule has 1 saturated heterocycles. The molecule has 0 radical (unpaired) electrons. The van der Waals surface area contributed by atoms with Gasteiger partial charge in [0.25, 0.3) is 0 Å². The zero-order valence-electron chi connectivity index (χ0n) is 8.12. The Morgan fingerprint density at radius 2 is 2.46 bits per heavy atom. The average molecular weight is 203 g/mol. The van der Waals surface area contributed by atoms with E-state index in [2.05, 4.69) is 19.2 Å². The predicted octanol–water partition coefficient (Wildman–Crippen LogP) is 1.54. The molecule has 3 atom stereocenters. The SMILES string of the molecule is CCCC(C)C1NC(C(=O)O)CS1. The molecule has 76 valence electrons. The summed E-state index contributed by atoms with van der Waals surface area (Å²) in [5, 5.41) is 12.2. The van der Waals surface area contributed by atoms with Crippen LogP contribution in [-0.2, 0) is 4.79 Å². The molecule has 2 N–H and O–H groups in total. The molecule has 0 amide bonds. The smallest absolute Gasteiger partial charge is 0.321 e. The molecule has 1 aliphatic rings. The summed E-state index contributed by atoms with van der Waals surface area (Å²) < 4.78 is 0. The standard InChI is InChI=1S/C9H17NO2S/c1-3-4-6(2)8-10-7(5-13-8)9(11)12/h6-8,10H,3-5H2,1-2H3,(H,11,12). The van der Waals surface area contributed by atoms with Crippen molar-refractivity contribution in [3.8, 4) is 0 Å². The van der Waals surface area contributed by atoms with Crippen molar-refractivity contribution >= 4 is 17.7 Å². The van der Waals surface area contributed by atoms with Crippen LogP contribution in [0.4, 0.5) is 0 Å². The van der Waals surface area contributed by atoms with Crippen molar-refractivity contribution < 1.29 is 9.90 Å². The Hall–Kier alpha value is -0.220. The lowest BCUT2D eigenvalue weighted by molar-refractivity contribution is -0.138. The number of nitrogens with one attached hydrogen (secondary N) is 1. The van der Waals surface area contributed by atoms with E-state index in [4.69, 9.17) is 5.11 Å². The number of aliphatic carboxylic acids is 1. The van der Waals surface area contributed by atoms with Gasteiger partial charge in [0.05, 0.1) is 5.37 Å². The van der Waals surface area contributed by atoms with E-state index in [-0.39, 0.29) is 6.04 Å². The highest BCUT2D eigenvalue weighted by Gasteiger charge is 2.31. The Morgan fingerprint density at radius 3 is 2.92 bits per heavy atom. The zero-order valence-corrected chi connectivity index (χ0v) is 8.93. The summed E-state index contributed by atoms with van der Waals surface area (Å²) in [5.74, 6) is 0.548. The van der Waals surface area contributed by atoms with Crippen molar-refractivity contribution in [3.05, 3.63) is 0 Å². The molecular formula is C9H17NO2S. The number of carboxylic acids is 1. The highest BCUT2D eigenvalue weighted by Crippen LogP contribution is 2.27. The summed E-state index contributed by atoms with van der Waals surface area (Å²) >= 11 is 1.73. The fourth-order valence-electron chi connectivity index (χ4n) is 1.57. The van der Waals surface area contributed by atoms with Gasteiger partial charge in [-0.1, -0.05) is 20.3 Å². The number of hydrogen-bond acceptors (Lipinski definition) is 3. The largest absolute Gasteiger partial charge is 0.480 e. The fourth-order valence-corrected chi connectivity index (χ4v) is 2.94. The first kappa shape index (κ1) is 10.9. The van der Waals surface area contributed by atoms with E-state index in [0.717, 1.165) is 12.8 Å². The lowest BCUT2D eigenvalue weighted by Gasteiger charge is -2.18. The van der Waals surface area contributed by atoms with Crippen LogP contribution in [0.5, 0.6) is 0 Å². The van der Waals surface area contributed by atoms with Crippen molar-refractivity contribution in [2.75, 3.05) is 5.75 Å². The lowest BCUT2D eigenvalue weighted by Crippen LogP contribution is -2.38. The average Bonchev–Trinajstić information content (AvgIpc) is 2.52. The summed E-state index contributed by atoms with van der Waals surface area (Å²) in [7, 11) is 0. The molecule has 0 aliphatic carbocycles. The van der Waals surface area contributed by atoms with Gasteiger partial charge in [-0.15, -0.1) is 11.8 Å². The van der Waals surface area contributed by atoms with Crippen LogP contribution in [0.15, 0.2) is 0 Å². The van der Waals surface area contributed by atoms with Crippen molar-refractivity contribution in [1.82, 2.24) is 5.32 Å². The minimum absolute atomic E-state index is 0.334. The van der Waals surface area contributed by atoms with Gasteiger partial charge in [0.2, 0.25) is 0 Å². The van der Waals surface area contributed by atoms with Crippen molar-refractivity contribution in [1.29, 1.82) is 0 Å². The first-order valence-corrected chi connectivity index (χ1v) is 5.80. The summed E-state index contributed by atoms with van der Waals surface area (Å²) in [5.41, 5.74) is 0. The number of thioether (sulfide) groups is 1. The minimum Gasteiger partial charge on any atom is -0.480 e. The van der Waals surface area contributed by atoms with Gasteiger partial charge in [0, 0.05) is 5.75 Å². The van der Waals surface area contributed by atoms with Gasteiger partial charge >= 0.3 is 5.97 Å². The maximum atomic E-state index is 10.7. The van der Waals surface area contributed by atoms with Crippen LogP contribution < -0.4 is 5.32 Å². The zero-order chi connectivity index (χ0) is 9.84. The van der Waals surface area contributed by atoms with E-state index in [9.17, 15) is 4.79 Å². The molecule has 1 aliphatic heterocycles. The summed E-state index contributed by atoms with van der Waals surface area (Å²) in [4.78, 5) is 10.7. The molecule has 3 unspecified atom stereocenters. The van der Waals surface area contributed by atoms with E-state index >= 15 is 0 Å². The number of carboxylic acid groups (broad SMARTS) is 1. The molecule has 1 fully saturated rings. The molecule has 3 nitrogen and oxygen atoms in total. The maximum absolute atomic E-state index is 10.7. The van der Waals surface area contributed by atoms with E-state index in [1.54, 1.807) is 11.8 Å². The van der Waals surface area contributed by atoms with Gasteiger partial charge < -0.3 is 5.11 Å². The van der Waals surface area contributed by atoms with Gasteiger partial charge in [-0.2, -0.15) is 0 Å². The van der Waals surface area contributed by atoms with Crippen LogP contribution in [0.3, 0.4) is 0 Å². The molecule has 1 rings (SSSR count). The second kappa shape index (κ2) is 4.86. The lowest BCUT2D eigenvalue weighted by atomic mass is 10.1. The quantitative estimate of drug-likeness (QED) is 0.727. The molecule has 0 aromatic heterocycles. The van der Waals surface area contributed by atoms with E-state index < -0.39 is 5.97 Å². The van der Waals surface area contributed by atoms with Crippen LogP contribution >= 0.6 is 11.8 Å². The maximum Gasteiger partial charge on any atom is 0.321 e. The van der Waals surface area contributed by atoms with Gasteiger partial charge in [-0.25, -0.2) is 0 Å². The second-order valence-electron chi connectivity index (χ2n) is 3.58. The number of hydrogen-bond donors (Lipinski definition) is 2. The van der Waals surface area contributed by atoms with Gasteiger partial charge in [0.1, 0.15) is 6.04 Å². The Kier molecular flexibility index (Phi) is 4.06. The molecule has 0 saturated carbocycles. The topological polar surface area (TPSA) is 49.3 Å². The van der Waals surface area contributed by atoms with Crippen LogP contribution in [0.1, 0.15) is 26.7 Å². The van der Waals surface area contributed by atoms with Gasteiger partial charge in [0.15, 0.2) is 0 Å². The van der Waals surface area contributed by atoms with E-state index in [1.807, 2.05) is 0 Å². The van der Waals surface area contributed by atoms with Gasteiger partial charge in [-0.05, 0) is 12.3 Å². The third-order valence-electron chi connectivity index (χ3n) is 2.37. The van der Waals surface area contributed by atoms with Crippen molar-refractivity contribution in [2.45, 2.75) is 38.1 Å². The van der Waals surface area contributed by atoms with Crippen LogP contribution in [0.25, 0.3) is 0 Å². The summed E-state index contributed by atoms with van der Waals surface area (Å²) in [6, 6.07) is -0.339. The first-order valence-electron chi connectivity index (χ1n) is 4.75. The first-order chi connectivity index (χ1) is 6.15. The fraction of sp³-hybridized carbons (Fsp3) is 0.889. The summed E-state index contributed by atoms with van der Waals surface area (Å²) in [6.45, 7) is 4.34. The molecule has 13 heavy (non-hydrogen) atoms.